The molecule has 0 N–H and O–H groups in total. The van der Waals surface area contributed by atoms with E-state index in [0.717, 1.165) is 17.8 Å². The Morgan fingerprint density at radius 1 is 0.414 bits per heavy atom. The fourth-order valence-corrected chi connectivity index (χ4v) is 13.8. The maximum absolute atomic E-state index is 2.37. The van der Waals surface area contributed by atoms with Crippen molar-refractivity contribution < 1.29 is 0 Å². The average molecular weight is 518 g/mol. The molecule has 0 aromatic carbocycles. The van der Waals surface area contributed by atoms with Crippen LogP contribution in [-0.2, 0) is 0 Å². The Morgan fingerprint density at radius 3 is 0.897 bits per heavy atom. The van der Waals surface area contributed by atoms with Crippen molar-refractivity contribution in [2.45, 2.75) is 159 Å². The molecule has 178 valence electrons. The fourth-order valence-electron chi connectivity index (χ4n) is 3.92. The average Bonchev–Trinajstić information content (AvgIpc) is 2.66. The molecule has 0 aliphatic rings. The molecule has 0 radical (unpaired) electrons. The van der Waals surface area contributed by atoms with Crippen LogP contribution in [-0.4, -0.2) is 19.8 Å². The summed E-state index contributed by atoms with van der Waals surface area (Å²) in [5, 5.41) is 0. The summed E-state index contributed by atoms with van der Waals surface area (Å²) in [6.45, 7) is 18.6. The summed E-state index contributed by atoms with van der Waals surface area (Å²) in [6, 6.07) is 0. The zero-order valence-corrected chi connectivity index (χ0v) is 25.6. The molecule has 1 heteroatoms. The van der Waals surface area contributed by atoms with Crippen LogP contribution < -0.4 is 0 Å². The van der Waals surface area contributed by atoms with Crippen molar-refractivity contribution in [2.75, 3.05) is 0 Å². The maximum atomic E-state index is 2.37. The molecule has 0 unspecified atom stereocenters. The summed E-state index contributed by atoms with van der Waals surface area (Å²) in [6.07, 6.45) is 20.7. The van der Waals surface area contributed by atoms with E-state index in [4.69, 9.17) is 0 Å². The first-order valence-electron chi connectivity index (χ1n) is 13.8. The van der Waals surface area contributed by atoms with Gasteiger partial charge in [0.25, 0.3) is 0 Å². The Balaban J connectivity index is 0. The van der Waals surface area contributed by atoms with E-state index in [9.17, 15) is 0 Å². The van der Waals surface area contributed by atoms with Crippen molar-refractivity contribution >= 4 is 19.8 Å². The molecule has 0 rings (SSSR count). The third-order valence-electron chi connectivity index (χ3n) is 6.18. The van der Waals surface area contributed by atoms with Gasteiger partial charge >= 0.3 is 169 Å². The second-order valence-electron chi connectivity index (χ2n) is 11.0. The van der Waals surface area contributed by atoms with Gasteiger partial charge in [-0.05, 0) is 0 Å². The minimum Gasteiger partial charge on any atom is -0.0654 e. The predicted octanol–water partition coefficient (Wildman–Crippen LogP) is 10.7. The van der Waals surface area contributed by atoms with E-state index in [-0.39, 0.29) is 0 Å². The molecular formula is C28H62Sn. The molecule has 0 saturated carbocycles. The first kappa shape index (κ1) is 32.0. The third kappa shape index (κ3) is 31.1. The molecule has 0 spiro atoms. The van der Waals surface area contributed by atoms with E-state index in [1.807, 2.05) is 0 Å². The van der Waals surface area contributed by atoms with E-state index in [1.54, 1.807) is 32.6 Å². The summed E-state index contributed by atoms with van der Waals surface area (Å²) in [5.74, 6) is 2.71. The van der Waals surface area contributed by atoms with Gasteiger partial charge in [-0.3, -0.25) is 0 Å². The first-order chi connectivity index (χ1) is 13.8. The van der Waals surface area contributed by atoms with Crippen molar-refractivity contribution in [3.05, 3.63) is 0 Å². The van der Waals surface area contributed by atoms with Crippen LogP contribution in [0.4, 0.5) is 0 Å². The second kappa shape index (κ2) is 25.1. The number of unbranched alkanes of at least 4 members (excludes halogenated alkanes) is 7. The number of hydrogen-bond donors (Lipinski definition) is 0. The Morgan fingerprint density at radius 2 is 0.690 bits per heavy atom. The largest absolute Gasteiger partial charge is 0.0654 e. The summed E-state index contributed by atoms with van der Waals surface area (Å²) >= 11 is -1.18. The molecule has 0 heterocycles. The van der Waals surface area contributed by atoms with E-state index in [1.165, 1.54) is 70.6 Å². The SMILES string of the molecule is CC(C)CCCC[CH2][SnH]([CH2]CCCCC(C)C)[CH2]CCCCC(C)C.CCCC. The molecule has 0 aromatic heterocycles. The van der Waals surface area contributed by atoms with Crippen molar-refractivity contribution in [1.29, 1.82) is 0 Å². The number of rotatable bonds is 19. The van der Waals surface area contributed by atoms with Crippen molar-refractivity contribution in [1.82, 2.24) is 0 Å². The van der Waals surface area contributed by atoms with Crippen LogP contribution in [0.2, 0.25) is 13.3 Å². The van der Waals surface area contributed by atoms with E-state index in [2.05, 4.69) is 55.4 Å². The van der Waals surface area contributed by atoms with Crippen molar-refractivity contribution in [3.63, 3.8) is 0 Å². The Kier molecular flexibility index (Phi) is 27.6. The Bertz CT molecular complexity index is 237. The van der Waals surface area contributed by atoms with Crippen LogP contribution in [0.25, 0.3) is 0 Å². The predicted molar refractivity (Wildman–Crippen MR) is 142 cm³/mol. The van der Waals surface area contributed by atoms with Gasteiger partial charge in [-0.25, -0.2) is 0 Å². The fraction of sp³-hybridized carbons (Fsp3) is 1.00. The molecule has 0 atom stereocenters. The molecule has 0 amide bonds. The molecule has 0 aliphatic heterocycles. The van der Waals surface area contributed by atoms with Crippen LogP contribution >= 0.6 is 0 Å². The van der Waals surface area contributed by atoms with Crippen LogP contribution in [0, 0.1) is 17.8 Å². The van der Waals surface area contributed by atoms with Gasteiger partial charge < -0.3 is 0 Å². The zero-order valence-electron chi connectivity index (χ0n) is 22.3. The summed E-state index contributed by atoms with van der Waals surface area (Å²) < 4.78 is 5.15. The molecule has 29 heavy (non-hydrogen) atoms. The van der Waals surface area contributed by atoms with E-state index < -0.39 is 19.8 Å². The third-order valence-corrected chi connectivity index (χ3v) is 16.7. The van der Waals surface area contributed by atoms with Crippen LogP contribution in [0.15, 0.2) is 0 Å². The molecule has 0 aliphatic carbocycles. The maximum Gasteiger partial charge on any atom is -0.0564 e. The van der Waals surface area contributed by atoms with Crippen LogP contribution in [0.5, 0.6) is 0 Å². The Hall–Kier alpha value is 0.799. The van der Waals surface area contributed by atoms with E-state index in [0.29, 0.717) is 0 Å². The quantitative estimate of drug-likeness (QED) is 0.118. The molecular weight excluding hydrogens is 455 g/mol. The van der Waals surface area contributed by atoms with Gasteiger partial charge in [-0.2, -0.15) is 0 Å². The topological polar surface area (TPSA) is 0 Å². The zero-order chi connectivity index (χ0) is 22.3. The smallest absolute Gasteiger partial charge is 0.0564 e. The van der Waals surface area contributed by atoms with Gasteiger partial charge in [-0.15, -0.1) is 0 Å². The normalized spacial score (nSPS) is 11.6. The Labute approximate surface area is 195 Å². The van der Waals surface area contributed by atoms with E-state index >= 15 is 0 Å². The van der Waals surface area contributed by atoms with Gasteiger partial charge in [0.2, 0.25) is 0 Å². The van der Waals surface area contributed by atoms with Gasteiger partial charge in [-0.1, -0.05) is 26.7 Å². The second-order valence-corrected chi connectivity index (χ2v) is 20.8. The van der Waals surface area contributed by atoms with Gasteiger partial charge in [0.1, 0.15) is 0 Å². The van der Waals surface area contributed by atoms with Crippen LogP contribution in [0.1, 0.15) is 145 Å². The number of hydrogen-bond acceptors (Lipinski definition) is 0. The monoisotopic (exact) mass is 518 g/mol. The summed E-state index contributed by atoms with van der Waals surface area (Å²) in [5.41, 5.74) is 0. The standard InChI is InChI=1S/3C8H17.C4H10.Sn.H/c3*1-4-5-6-7-8(2)3;1-3-4-2;;/h3*8H,1,4-7H2,2-3H3;3-4H2,1-2H3;;. The van der Waals surface area contributed by atoms with Crippen molar-refractivity contribution in [2.24, 2.45) is 17.8 Å². The first-order valence-corrected chi connectivity index (χ1v) is 20.8. The van der Waals surface area contributed by atoms with Gasteiger partial charge in [0.05, 0.1) is 0 Å². The van der Waals surface area contributed by atoms with Crippen LogP contribution in [0.3, 0.4) is 0 Å². The molecule has 0 fully saturated rings. The minimum atomic E-state index is -1.18. The van der Waals surface area contributed by atoms with Gasteiger partial charge in [0, 0.05) is 0 Å². The minimum absolute atomic E-state index is 0.904. The molecule has 0 aromatic rings. The summed E-state index contributed by atoms with van der Waals surface area (Å²) in [7, 11) is 0. The van der Waals surface area contributed by atoms with Gasteiger partial charge in [0.15, 0.2) is 0 Å². The molecule has 0 saturated heterocycles. The summed E-state index contributed by atoms with van der Waals surface area (Å²) in [4.78, 5) is 0. The molecule has 0 bridgehead atoms. The molecule has 0 nitrogen and oxygen atoms in total. The van der Waals surface area contributed by atoms with Crippen molar-refractivity contribution in [3.8, 4) is 0 Å².